The smallest absolute Gasteiger partial charge is 0.341 e. The molecule has 25 heavy (non-hydrogen) atoms. The molecule has 0 unspecified atom stereocenters. The molecule has 2 aromatic rings. The monoisotopic (exact) mass is 343 g/mol. The number of amides is 1. The van der Waals surface area contributed by atoms with Crippen molar-refractivity contribution in [2.75, 3.05) is 25.2 Å². The molecule has 6 heteroatoms. The van der Waals surface area contributed by atoms with Crippen LogP contribution >= 0.6 is 0 Å². The molecule has 0 aromatic heterocycles. The summed E-state index contributed by atoms with van der Waals surface area (Å²) in [5.74, 6) is -0.123. The van der Waals surface area contributed by atoms with Crippen molar-refractivity contribution in [2.45, 2.75) is 13.8 Å². The highest BCUT2D eigenvalue weighted by atomic mass is 16.5. The standard InChI is InChI=1S/C19H21NO5/c1-13-4-9-17(14(2)10-13)25-11-18(21)20(3)15-5-7-16(8-6-15)24-12-19(22)23/h4-10H,11-12H2,1-3H3,(H,22,23). The number of aryl methyl sites for hydroxylation is 2. The Hall–Kier alpha value is -3.02. The molecule has 0 radical (unpaired) electrons. The summed E-state index contributed by atoms with van der Waals surface area (Å²) >= 11 is 0. The molecule has 0 heterocycles. The zero-order valence-corrected chi connectivity index (χ0v) is 14.5. The maximum Gasteiger partial charge on any atom is 0.341 e. The van der Waals surface area contributed by atoms with Gasteiger partial charge in [0.1, 0.15) is 11.5 Å². The third-order valence-corrected chi connectivity index (χ3v) is 3.64. The Bertz CT molecular complexity index is 755. The van der Waals surface area contributed by atoms with E-state index in [0.717, 1.165) is 11.1 Å². The van der Waals surface area contributed by atoms with Crippen LogP contribution in [0.1, 0.15) is 11.1 Å². The van der Waals surface area contributed by atoms with Gasteiger partial charge in [0.25, 0.3) is 5.91 Å². The van der Waals surface area contributed by atoms with Gasteiger partial charge < -0.3 is 19.5 Å². The predicted octanol–water partition coefficient (Wildman–Crippen LogP) is 2.81. The van der Waals surface area contributed by atoms with E-state index in [1.54, 1.807) is 31.3 Å². The summed E-state index contributed by atoms with van der Waals surface area (Å²) in [5.41, 5.74) is 2.78. The third-order valence-electron chi connectivity index (χ3n) is 3.64. The fraction of sp³-hybridized carbons (Fsp3) is 0.263. The average Bonchev–Trinajstić information content (AvgIpc) is 2.58. The summed E-state index contributed by atoms with van der Waals surface area (Å²) in [7, 11) is 1.65. The van der Waals surface area contributed by atoms with E-state index in [4.69, 9.17) is 14.6 Å². The lowest BCUT2D eigenvalue weighted by Crippen LogP contribution is -2.31. The first-order valence-corrected chi connectivity index (χ1v) is 7.78. The van der Waals surface area contributed by atoms with Crippen LogP contribution in [0.25, 0.3) is 0 Å². The lowest BCUT2D eigenvalue weighted by molar-refractivity contribution is -0.139. The number of carboxylic acid groups (broad SMARTS) is 1. The fourth-order valence-electron chi connectivity index (χ4n) is 2.25. The van der Waals surface area contributed by atoms with E-state index in [0.29, 0.717) is 17.2 Å². The van der Waals surface area contributed by atoms with E-state index in [9.17, 15) is 9.59 Å². The summed E-state index contributed by atoms with van der Waals surface area (Å²) in [6.07, 6.45) is 0. The maximum absolute atomic E-state index is 12.3. The van der Waals surface area contributed by atoms with E-state index in [1.807, 2.05) is 32.0 Å². The minimum absolute atomic E-state index is 0.0718. The molecule has 0 aliphatic rings. The second-order valence-electron chi connectivity index (χ2n) is 5.69. The van der Waals surface area contributed by atoms with Gasteiger partial charge >= 0.3 is 5.97 Å². The molecule has 0 bridgehead atoms. The molecule has 0 aliphatic carbocycles. The molecule has 0 spiro atoms. The summed E-state index contributed by atoms with van der Waals surface area (Å²) in [4.78, 5) is 24.2. The predicted molar refractivity (Wildman–Crippen MR) is 94.4 cm³/mol. The van der Waals surface area contributed by atoms with Crippen molar-refractivity contribution in [3.8, 4) is 11.5 Å². The van der Waals surface area contributed by atoms with E-state index in [1.165, 1.54) is 4.90 Å². The molecule has 0 saturated carbocycles. The quantitative estimate of drug-likeness (QED) is 0.836. The van der Waals surface area contributed by atoms with Crippen LogP contribution in [0.5, 0.6) is 11.5 Å². The Morgan fingerprint density at radius 2 is 1.68 bits per heavy atom. The first-order valence-electron chi connectivity index (χ1n) is 7.78. The highest BCUT2D eigenvalue weighted by Crippen LogP contribution is 2.21. The molecule has 1 N–H and O–H groups in total. The molecule has 1 amide bonds. The summed E-state index contributed by atoms with van der Waals surface area (Å²) in [6, 6.07) is 12.4. The minimum Gasteiger partial charge on any atom is -0.483 e. The summed E-state index contributed by atoms with van der Waals surface area (Å²) in [5, 5.41) is 8.59. The van der Waals surface area contributed by atoms with Gasteiger partial charge in [0.15, 0.2) is 13.2 Å². The largest absolute Gasteiger partial charge is 0.483 e. The lowest BCUT2D eigenvalue weighted by Gasteiger charge is -2.18. The molecule has 0 aliphatic heterocycles. The molecule has 0 atom stereocenters. The van der Waals surface area contributed by atoms with Crippen molar-refractivity contribution in [3.05, 3.63) is 53.6 Å². The van der Waals surface area contributed by atoms with Gasteiger partial charge in [0.05, 0.1) is 0 Å². The van der Waals surface area contributed by atoms with Crippen molar-refractivity contribution in [2.24, 2.45) is 0 Å². The molecule has 2 aromatic carbocycles. The minimum atomic E-state index is -1.04. The fourth-order valence-corrected chi connectivity index (χ4v) is 2.25. The van der Waals surface area contributed by atoms with Crippen molar-refractivity contribution < 1.29 is 24.2 Å². The van der Waals surface area contributed by atoms with Crippen molar-refractivity contribution in [1.29, 1.82) is 0 Å². The van der Waals surface area contributed by atoms with Crippen LogP contribution in [-0.2, 0) is 9.59 Å². The van der Waals surface area contributed by atoms with E-state index in [-0.39, 0.29) is 12.5 Å². The van der Waals surface area contributed by atoms with Crippen LogP contribution in [0.2, 0.25) is 0 Å². The number of aliphatic carboxylic acids is 1. The zero-order valence-electron chi connectivity index (χ0n) is 14.5. The maximum atomic E-state index is 12.3. The number of hydrogen-bond acceptors (Lipinski definition) is 4. The van der Waals surface area contributed by atoms with E-state index in [2.05, 4.69) is 0 Å². The van der Waals surface area contributed by atoms with Gasteiger partial charge in [-0.2, -0.15) is 0 Å². The number of rotatable bonds is 7. The number of carbonyl (C=O) groups excluding carboxylic acids is 1. The number of ether oxygens (including phenoxy) is 2. The number of hydrogen-bond donors (Lipinski definition) is 1. The summed E-state index contributed by atoms with van der Waals surface area (Å²) in [6.45, 7) is 3.46. The van der Waals surface area contributed by atoms with Crippen LogP contribution in [0.3, 0.4) is 0 Å². The molecule has 0 saturated heterocycles. The highest BCUT2D eigenvalue weighted by molar-refractivity contribution is 5.93. The number of benzene rings is 2. The normalized spacial score (nSPS) is 10.2. The molecule has 6 nitrogen and oxygen atoms in total. The van der Waals surface area contributed by atoms with Gasteiger partial charge in [-0.25, -0.2) is 4.79 Å². The SMILES string of the molecule is Cc1ccc(OCC(=O)N(C)c2ccc(OCC(=O)O)cc2)c(C)c1. The van der Waals surface area contributed by atoms with Crippen LogP contribution in [0.4, 0.5) is 5.69 Å². The molecule has 0 fully saturated rings. The third kappa shape index (κ3) is 5.24. The van der Waals surface area contributed by atoms with Gasteiger partial charge in [-0.05, 0) is 49.7 Å². The Morgan fingerprint density at radius 3 is 2.28 bits per heavy atom. The summed E-state index contributed by atoms with van der Waals surface area (Å²) < 4.78 is 10.7. The number of carboxylic acids is 1. The van der Waals surface area contributed by atoms with Crippen molar-refractivity contribution in [3.63, 3.8) is 0 Å². The van der Waals surface area contributed by atoms with Crippen molar-refractivity contribution in [1.82, 2.24) is 0 Å². The second-order valence-corrected chi connectivity index (χ2v) is 5.69. The number of carbonyl (C=O) groups is 2. The second kappa shape index (κ2) is 8.19. The van der Waals surface area contributed by atoms with Crippen LogP contribution < -0.4 is 14.4 Å². The highest BCUT2D eigenvalue weighted by Gasteiger charge is 2.13. The van der Waals surface area contributed by atoms with Crippen molar-refractivity contribution >= 4 is 17.6 Å². The van der Waals surface area contributed by atoms with Gasteiger partial charge in [0.2, 0.25) is 0 Å². The number of nitrogens with zero attached hydrogens (tertiary/aromatic N) is 1. The van der Waals surface area contributed by atoms with Crippen LogP contribution in [0.15, 0.2) is 42.5 Å². The number of anilines is 1. The Morgan fingerprint density at radius 1 is 1.00 bits per heavy atom. The first kappa shape index (κ1) is 18.3. The first-order chi connectivity index (χ1) is 11.9. The topological polar surface area (TPSA) is 76.1 Å². The lowest BCUT2D eigenvalue weighted by atomic mass is 10.1. The number of likely N-dealkylation sites (N-methyl/N-ethyl adjacent to an activating group) is 1. The molecule has 132 valence electrons. The molecular formula is C19H21NO5. The Labute approximate surface area is 146 Å². The van der Waals surface area contributed by atoms with Gasteiger partial charge in [-0.3, -0.25) is 4.79 Å². The zero-order chi connectivity index (χ0) is 18.4. The van der Waals surface area contributed by atoms with E-state index >= 15 is 0 Å². The molecule has 2 rings (SSSR count). The van der Waals surface area contributed by atoms with E-state index < -0.39 is 12.6 Å². The Kier molecular flexibility index (Phi) is 6.00. The average molecular weight is 343 g/mol. The molecular weight excluding hydrogens is 322 g/mol. The van der Waals surface area contributed by atoms with Gasteiger partial charge in [-0.15, -0.1) is 0 Å². The van der Waals surface area contributed by atoms with Crippen LogP contribution in [-0.4, -0.2) is 37.2 Å². The van der Waals surface area contributed by atoms with Gasteiger partial charge in [0, 0.05) is 12.7 Å². The van der Waals surface area contributed by atoms with Gasteiger partial charge in [-0.1, -0.05) is 17.7 Å². The van der Waals surface area contributed by atoms with Crippen LogP contribution in [0, 0.1) is 13.8 Å². The Balaban J connectivity index is 1.93.